The van der Waals surface area contributed by atoms with Gasteiger partial charge in [-0.25, -0.2) is 0 Å². The van der Waals surface area contributed by atoms with Gasteiger partial charge in [-0.2, -0.15) is 0 Å². The van der Waals surface area contributed by atoms with Crippen LogP contribution in [0, 0.1) is 11.8 Å². The predicted molar refractivity (Wildman–Crippen MR) is 181 cm³/mol. The molecule has 42 heavy (non-hydrogen) atoms. The number of carbonyl (C=O) groups excluding carboxylic acids is 2. The fourth-order valence-corrected chi connectivity index (χ4v) is 5.87. The molecule has 0 aliphatic carbocycles. The number of hydrogen-bond acceptors (Lipinski definition) is 4. The van der Waals surface area contributed by atoms with E-state index in [1.807, 2.05) is 0 Å². The first-order chi connectivity index (χ1) is 20.6. The van der Waals surface area contributed by atoms with Crippen molar-refractivity contribution in [3.8, 4) is 0 Å². The van der Waals surface area contributed by atoms with Crippen molar-refractivity contribution in [3.63, 3.8) is 0 Å². The van der Waals surface area contributed by atoms with Crippen LogP contribution in [0.3, 0.4) is 0 Å². The van der Waals surface area contributed by atoms with Crippen molar-refractivity contribution in [2.45, 2.75) is 207 Å². The molecule has 0 aromatic rings. The lowest BCUT2D eigenvalue weighted by Crippen LogP contribution is -2.15. The minimum atomic E-state index is -0.101. The first-order valence-electron chi connectivity index (χ1n) is 18.9. The van der Waals surface area contributed by atoms with Gasteiger partial charge in [0.15, 0.2) is 0 Å². The molecule has 0 heterocycles. The van der Waals surface area contributed by atoms with E-state index < -0.39 is 0 Å². The molecule has 0 bridgehead atoms. The maximum Gasteiger partial charge on any atom is 0.305 e. The first kappa shape index (κ1) is 40.9. The summed E-state index contributed by atoms with van der Waals surface area (Å²) in [5.74, 6) is 0.795. The van der Waals surface area contributed by atoms with E-state index in [0.717, 1.165) is 0 Å². The molecule has 0 spiro atoms. The molecular weight excluding hydrogens is 520 g/mol. The average Bonchev–Trinajstić information content (AvgIpc) is 2.99. The Hall–Kier alpha value is -1.06. The van der Waals surface area contributed by atoms with E-state index in [4.69, 9.17) is 9.47 Å². The number of hydrogen-bond donors (Lipinski definition) is 0. The molecule has 0 unspecified atom stereocenters. The Labute approximate surface area is 263 Å². The highest BCUT2D eigenvalue weighted by molar-refractivity contribution is 5.70. The second-order valence-corrected chi connectivity index (χ2v) is 13.1. The van der Waals surface area contributed by atoms with Crippen LogP contribution in [-0.4, -0.2) is 25.2 Å². The van der Waals surface area contributed by atoms with Crippen LogP contribution < -0.4 is 0 Å². The van der Waals surface area contributed by atoms with Crippen LogP contribution >= 0.6 is 0 Å². The first-order valence-corrected chi connectivity index (χ1v) is 18.9. The van der Waals surface area contributed by atoms with Crippen LogP contribution in [0.4, 0.5) is 0 Å². The van der Waals surface area contributed by atoms with Gasteiger partial charge in [0.2, 0.25) is 0 Å². The van der Waals surface area contributed by atoms with Crippen molar-refractivity contribution in [2.75, 3.05) is 13.2 Å². The van der Waals surface area contributed by atoms with E-state index in [9.17, 15) is 9.59 Å². The monoisotopic (exact) mass is 595 g/mol. The minimum Gasteiger partial charge on any atom is -0.465 e. The number of rotatable bonds is 33. The molecule has 4 nitrogen and oxygen atoms in total. The third-order valence-electron chi connectivity index (χ3n) is 8.84. The van der Waals surface area contributed by atoms with Gasteiger partial charge in [-0.1, -0.05) is 156 Å². The van der Waals surface area contributed by atoms with E-state index in [2.05, 4.69) is 27.7 Å². The highest BCUT2D eigenvalue weighted by Crippen LogP contribution is 2.21. The van der Waals surface area contributed by atoms with Gasteiger partial charge in [0, 0.05) is 12.8 Å². The lowest BCUT2D eigenvalue weighted by molar-refractivity contribution is -0.147. The summed E-state index contributed by atoms with van der Waals surface area (Å²) in [5, 5.41) is 0. The van der Waals surface area contributed by atoms with Crippen molar-refractivity contribution in [2.24, 2.45) is 11.8 Å². The summed E-state index contributed by atoms with van der Waals surface area (Å²) in [5.41, 5.74) is 0. The van der Waals surface area contributed by atoms with E-state index in [1.54, 1.807) is 0 Å². The van der Waals surface area contributed by atoms with Crippen molar-refractivity contribution < 1.29 is 19.1 Å². The SMILES string of the molecule is CCCCCCCC[C@@H](CCCCCC)COC(=O)CCCCC(=O)OC[C@H](CCCCCC)CCCCCCCC. The molecule has 0 saturated heterocycles. The van der Waals surface area contributed by atoms with Crippen LogP contribution in [0.1, 0.15) is 207 Å². The Bertz CT molecular complexity index is 525. The highest BCUT2D eigenvalue weighted by atomic mass is 16.5. The van der Waals surface area contributed by atoms with Gasteiger partial charge in [0.1, 0.15) is 0 Å². The highest BCUT2D eigenvalue weighted by Gasteiger charge is 2.14. The maximum atomic E-state index is 12.4. The zero-order valence-corrected chi connectivity index (χ0v) is 29.0. The summed E-state index contributed by atoms with van der Waals surface area (Å²) >= 11 is 0. The quantitative estimate of drug-likeness (QED) is 0.0560. The fraction of sp³-hybridized carbons (Fsp3) is 0.947. The summed E-state index contributed by atoms with van der Waals surface area (Å²) in [4.78, 5) is 24.8. The molecular formula is C38H74O4. The van der Waals surface area contributed by atoms with E-state index >= 15 is 0 Å². The van der Waals surface area contributed by atoms with Gasteiger partial charge >= 0.3 is 11.9 Å². The molecule has 0 saturated carbocycles. The second kappa shape index (κ2) is 32.8. The molecule has 0 fully saturated rings. The average molecular weight is 595 g/mol. The Morgan fingerprint density at radius 1 is 0.381 bits per heavy atom. The number of carbonyl (C=O) groups is 2. The second-order valence-electron chi connectivity index (χ2n) is 13.1. The predicted octanol–water partition coefficient (Wildman–Crippen LogP) is 12.3. The normalized spacial score (nSPS) is 12.8. The minimum absolute atomic E-state index is 0.101. The molecule has 0 rings (SSSR count). The van der Waals surface area contributed by atoms with Gasteiger partial charge < -0.3 is 9.47 Å². The fourth-order valence-electron chi connectivity index (χ4n) is 5.87. The topological polar surface area (TPSA) is 52.6 Å². The van der Waals surface area contributed by atoms with E-state index in [-0.39, 0.29) is 11.9 Å². The zero-order chi connectivity index (χ0) is 30.9. The summed E-state index contributed by atoms with van der Waals surface area (Å²) in [6, 6.07) is 0. The van der Waals surface area contributed by atoms with E-state index in [1.165, 1.54) is 154 Å². The summed E-state index contributed by atoms with van der Waals surface area (Å²) in [7, 11) is 0. The molecule has 4 heteroatoms. The maximum absolute atomic E-state index is 12.4. The third-order valence-corrected chi connectivity index (χ3v) is 8.84. The Morgan fingerprint density at radius 2 is 0.643 bits per heavy atom. The van der Waals surface area contributed by atoms with E-state index in [0.29, 0.717) is 50.7 Å². The van der Waals surface area contributed by atoms with Gasteiger partial charge in [-0.05, 0) is 50.4 Å². The summed E-state index contributed by atoms with van der Waals surface area (Å²) in [6.45, 7) is 10.2. The Kier molecular flexibility index (Phi) is 32.0. The molecule has 0 radical (unpaired) electrons. The smallest absolute Gasteiger partial charge is 0.305 e. The molecule has 0 aliphatic heterocycles. The lowest BCUT2D eigenvalue weighted by atomic mass is 9.95. The molecule has 2 atom stereocenters. The van der Waals surface area contributed by atoms with Crippen molar-refractivity contribution >= 4 is 11.9 Å². The lowest BCUT2D eigenvalue weighted by Gasteiger charge is -2.17. The van der Waals surface area contributed by atoms with Gasteiger partial charge in [0.05, 0.1) is 13.2 Å². The number of ether oxygens (including phenoxy) is 2. The van der Waals surface area contributed by atoms with Crippen LogP contribution in [0.25, 0.3) is 0 Å². The molecule has 0 amide bonds. The van der Waals surface area contributed by atoms with Gasteiger partial charge in [-0.3, -0.25) is 9.59 Å². The zero-order valence-electron chi connectivity index (χ0n) is 29.0. The number of unbranched alkanes of at least 4 members (excludes halogenated alkanes) is 17. The molecule has 0 aliphatic rings. The van der Waals surface area contributed by atoms with Crippen LogP contribution in [0.2, 0.25) is 0 Å². The molecule has 0 aromatic carbocycles. The van der Waals surface area contributed by atoms with Crippen LogP contribution in [-0.2, 0) is 19.1 Å². The third kappa shape index (κ3) is 29.0. The van der Waals surface area contributed by atoms with Gasteiger partial charge in [0.25, 0.3) is 0 Å². The Balaban J connectivity index is 4.22. The largest absolute Gasteiger partial charge is 0.465 e. The van der Waals surface area contributed by atoms with Crippen LogP contribution in [0.5, 0.6) is 0 Å². The standard InChI is InChI=1S/C38H74O4/c1-5-9-13-17-19-23-29-35(27-21-15-11-7-3)33-41-37(39)31-25-26-32-38(40)42-34-36(28-22-16-12-8-4)30-24-20-18-14-10-6-2/h35-36H,5-34H2,1-4H3/t35-,36-/m1/s1. The van der Waals surface area contributed by atoms with Crippen molar-refractivity contribution in [1.82, 2.24) is 0 Å². The van der Waals surface area contributed by atoms with Gasteiger partial charge in [-0.15, -0.1) is 0 Å². The number of esters is 2. The molecule has 0 N–H and O–H groups in total. The summed E-state index contributed by atoms with van der Waals surface area (Å²) < 4.78 is 11.4. The van der Waals surface area contributed by atoms with Crippen molar-refractivity contribution in [3.05, 3.63) is 0 Å². The van der Waals surface area contributed by atoms with Crippen molar-refractivity contribution in [1.29, 1.82) is 0 Å². The van der Waals surface area contributed by atoms with Crippen LogP contribution in [0.15, 0.2) is 0 Å². The Morgan fingerprint density at radius 3 is 0.952 bits per heavy atom. The molecule has 0 aromatic heterocycles. The summed E-state index contributed by atoms with van der Waals surface area (Å²) in [6.07, 6.45) is 32.8. The molecule has 250 valence electrons.